The molecule has 0 unspecified atom stereocenters. The van der Waals surface area contributed by atoms with Crippen LogP contribution in [0, 0.1) is 19.8 Å². The molecule has 0 amide bonds. The maximum absolute atomic E-state index is 4.35. The van der Waals surface area contributed by atoms with Gasteiger partial charge in [-0.05, 0) is 89.9 Å². The van der Waals surface area contributed by atoms with E-state index in [1.165, 1.54) is 59.5 Å². The molecule has 1 heteroatoms. The fraction of sp³-hybridized carbons (Fsp3) is 0.242. The van der Waals surface area contributed by atoms with Gasteiger partial charge < -0.3 is 0 Å². The van der Waals surface area contributed by atoms with E-state index in [0.717, 1.165) is 19.3 Å². The van der Waals surface area contributed by atoms with Gasteiger partial charge >= 0.3 is 0 Å². The van der Waals surface area contributed by atoms with Crippen LogP contribution in [0.1, 0.15) is 53.8 Å². The minimum absolute atomic E-state index is 0.622. The number of benzene rings is 3. The van der Waals surface area contributed by atoms with E-state index < -0.39 is 0 Å². The Kier molecular flexibility index (Phi) is 7.37. The molecule has 0 aliphatic carbocycles. The lowest BCUT2D eigenvalue weighted by atomic mass is 9.92. The highest BCUT2D eigenvalue weighted by atomic mass is 32.1. The van der Waals surface area contributed by atoms with E-state index in [-0.39, 0.29) is 0 Å². The van der Waals surface area contributed by atoms with Crippen LogP contribution in [0.15, 0.2) is 85.6 Å². The molecule has 0 radical (unpaired) electrons. The van der Waals surface area contributed by atoms with Crippen LogP contribution in [0.5, 0.6) is 0 Å². The summed E-state index contributed by atoms with van der Waals surface area (Å²) in [6.07, 6.45) is 2.93. The molecule has 0 fully saturated rings. The second-order valence-corrected chi connectivity index (χ2v) is 10.8. The highest BCUT2D eigenvalue weighted by molar-refractivity contribution is 7.20. The molecule has 0 nitrogen and oxygen atoms in total. The Hall–Kier alpha value is -3.12. The zero-order valence-corrected chi connectivity index (χ0v) is 21.7. The molecule has 1 heterocycles. The summed E-state index contributed by atoms with van der Waals surface area (Å²) < 4.78 is 1.39. The standard InChI is InChI=1S/C33H34S/c1-7-26(31-20-29(15-14-24(31)5)28-12-8-10-23(4)19-28)16-17-27-11-9-13-30-21-32(34-33(27)30)25(6)18-22(2)3/h8-15,19-22H,1,6,16-18H2,2-5H3. The summed E-state index contributed by atoms with van der Waals surface area (Å²) >= 11 is 1.89. The highest BCUT2D eigenvalue weighted by Crippen LogP contribution is 2.36. The van der Waals surface area contributed by atoms with Gasteiger partial charge in [-0.3, -0.25) is 0 Å². The lowest BCUT2D eigenvalue weighted by Gasteiger charge is -2.12. The van der Waals surface area contributed by atoms with Crippen molar-refractivity contribution in [3.05, 3.63) is 113 Å². The first kappa shape index (κ1) is 24.0. The molecular weight excluding hydrogens is 428 g/mol. The van der Waals surface area contributed by atoms with Crippen LogP contribution in [-0.2, 0) is 6.42 Å². The minimum Gasteiger partial charge on any atom is -0.135 e. The van der Waals surface area contributed by atoms with E-state index >= 15 is 0 Å². The molecular formula is C33H34S. The molecule has 0 saturated carbocycles. The van der Waals surface area contributed by atoms with Gasteiger partial charge in [-0.25, -0.2) is 0 Å². The summed E-state index contributed by atoms with van der Waals surface area (Å²) in [6, 6.07) is 24.4. The van der Waals surface area contributed by atoms with Crippen LogP contribution in [-0.4, -0.2) is 0 Å². The van der Waals surface area contributed by atoms with Crippen molar-refractivity contribution in [1.29, 1.82) is 0 Å². The third-order valence-corrected chi connectivity index (χ3v) is 7.73. The second-order valence-electron chi connectivity index (χ2n) is 9.70. The zero-order valence-electron chi connectivity index (χ0n) is 20.9. The lowest BCUT2D eigenvalue weighted by Crippen LogP contribution is -1.93. The van der Waals surface area contributed by atoms with Crippen LogP contribution in [0.25, 0.3) is 32.4 Å². The monoisotopic (exact) mass is 462 g/mol. The molecule has 4 aromatic rings. The van der Waals surface area contributed by atoms with Crippen LogP contribution in [0.4, 0.5) is 0 Å². The van der Waals surface area contributed by atoms with Crippen molar-refractivity contribution in [1.82, 2.24) is 0 Å². The van der Waals surface area contributed by atoms with E-state index in [1.54, 1.807) is 0 Å². The zero-order chi connectivity index (χ0) is 24.2. The normalized spacial score (nSPS) is 11.1. The number of hydrogen-bond acceptors (Lipinski definition) is 1. The van der Waals surface area contributed by atoms with Gasteiger partial charge in [-0.1, -0.05) is 87.2 Å². The average molecular weight is 463 g/mol. The van der Waals surface area contributed by atoms with Gasteiger partial charge in [0.05, 0.1) is 0 Å². The van der Waals surface area contributed by atoms with Gasteiger partial charge in [0, 0.05) is 15.2 Å². The molecule has 0 spiro atoms. The second kappa shape index (κ2) is 10.4. The third-order valence-electron chi connectivity index (χ3n) is 6.40. The van der Waals surface area contributed by atoms with Gasteiger partial charge in [0.25, 0.3) is 0 Å². The molecule has 172 valence electrons. The summed E-state index contributed by atoms with van der Waals surface area (Å²) in [6.45, 7) is 17.2. The summed E-state index contributed by atoms with van der Waals surface area (Å²) in [5, 5.41) is 1.32. The largest absolute Gasteiger partial charge is 0.135 e. The first-order valence-electron chi connectivity index (χ1n) is 12.1. The van der Waals surface area contributed by atoms with E-state index in [2.05, 4.69) is 113 Å². The van der Waals surface area contributed by atoms with Crippen molar-refractivity contribution < 1.29 is 0 Å². The first-order chi connectivity index (χ1) is 16.4. The van der Waals surface area contributed by atoms with Gasteiger partial charge in [-0.15, -0.1) is 17.1 Å². The number of allylic oxidation sites excluding steroid dienone is 2. The Morgan fingerprint density at radius 2 is 1.71 bits per heavy atom. The van der Waals surface area contributed by atoms with E-state index in [4.69, 9.17) is 0 Å². The summed E-state index contributed by atoms with van der Waals surface area (Å²) in [7, 11) is 0. The predicted molar refractivity (Wildman–Crippen MR) is 153 cm³/mol. The third kappa shape index (κ3) is 5.33. The van der Waals surface area contributed by atoms with Crippen molar-refractivity contribution >= 4 is 32.6 Å². The Morgan fingerprint density at radius 1 is 0.941 bits per heavy atom. The Labute approximate surface area is 209 Å². The van der Waals surface area contributed by atoms with Crippen LogP contribution in [0.3, 0.4) is 0 Å². The number of fused-ring (bicyclic) bond motifs is 1. The molecule has 3 aromatic carbocycles. The smallest absolute Gasteiger partial charge is 0.0381 e. The van der Waals surface area contributed by atoms with Crippen LogP contribution < -0.4 is 0 Å². The molecule has 0 atom stereocenters. The summed E-state index contributed by atoms with van der Waals surface area (Å²) in [5.74, 6) is 0.622. The quantitative estimate of drug-likeness (QED) is 0.228. The van der Waals surface area contributed by atoms with Gasteiger partial charge in [0.15, 0.2) is 0 Å². The Balaban J connectivity index is 1.60. The van der Waals surface area contributed by atoms with Gasteiger partial charge in [-0.2, -0.15) is 0 Å². The van der Waals surface area contributed by atoms with Crippen molar-refractivity contribution in [3.63, 3.8) is 0 Å². The van der Waals surface area contributed by atoms with E-state index in [1.807, 2.05) is 11.3 Å². The van der Waals surface area contributed by atoms with Crippen molar-refractivity contribution in [2.75, 3.05) is 0 Å². The van der Waals surface area contributed by atoms with Crippen LogP contribution >= 0.6 is 11.3 Å². The molecule has 0 saturated heterocycles. The lowest BCUT2D eigenvalue weighted by molar-refractivity contribution is 0.675. The van der Waals surface area contributed by atoms with E-state index in [9.17, 15) is 0 Å². The number of hydrogen-bond donors (Lipinski definition) is 0. The van der Waals surface area contributed by atoms with Crippen LogP contribution in [0.2, 0.25) is 0 Å². The van der Waals surface area contributed by atoms with Gasteiger partial charge in [0.2, 0.25) is 0 Å². The van der Waals surface area contributed by atoms with E-state index in [0.29, 0.717) is 5.92 Å². The predicted octanol–water partition coefficient (Wildman–Crippen LogP) is 10.0. The molecule has 1 aromatic heterocycles. The fourth-order valence-electron chi connectivity index (χ4n) is 4.62. The van der Waals surface area contributed by atoms with Crippen molar-refractivity contribution in [2.24, 2.45) is 5.92 Å². The average Bonchev–Trinajstić information content (AvgIpc) is 3.25. The van der Waals surface area contributed by atoms with Crippen molar-refractivity contribution in [2.45, 2.75) is 47.0 Å². The number of aryl methyl sites for hydroxylation is 3. The fourth-order valence-corrected chi connectivity index (χ4v) is 5.80. The maximum atomic E-state index is 4.35. The Bertz CT molecular complexity index is 1390. The molecule has 0 aliphatic heterocycles. The van der Waals surface area contributed by atoms with Crippen molar-refractivity contribution in [3.8, 4) is 11.1 Å². The molecule has 0 N–H and O–H groups in total. The SMILES string of the molecule is C=C=C(CCc1cccc2cc(C(=C)CC(C)C)sc12)c1cc(-c2cccc(C)c2)ccc1C. The summed E-state index contributed by atoms with van der Waals surface area (Å²) in [4.78, 5) is 1.32. The number of rotatable bonds is 8. The number of thiophene rings is 1. The highest BCUT2D eigenvalue weighted by Gasteiger charge is 2.12. The molecule has 0 aliphatic rings. The first-order valence-corrected chi connectivity index (χ1v) is 12.9. The Morgan fingerprint density at radius 3 is 2.44 bits per heavy atom. The minimum atomic E-state index is 0.622. The van der Waals surface area contributed by atoms with Gasteiger partial charge in [0.1, 0.15) is 0 Å². The molecule has 4 rings (SSSR count). The summed E-state index contributed by atoms with van der Waals surface area (Å²) in [5.41, 5.74) is 13.4. The molecule has 0 bridgehead atoms. The maximum Gasteiger partial charge on any atom is 0.0381 e. The topological polar surface area (TPSA) is 0 Å². The molecule has 34 heavy (non-hydrogen) atoms.